The summed E-state index contributed by atoms with van der Waals surface area (Å²) in [6, 6.07) is 47.0. The number of aromatic nitrogens is 2. The summed E-state index contributed by atoms with van der Waals surface area (Å²) in [6.07, 6.45) is 3.85. The Bertz CT molecular complexity index is 1960. The first-order valence-electron chi connectivity index (χ1n) is 15.8. The van der Waals surface area contributed by atoms with E-state index in [1.165, 1.54) is 61.2 Å². The third kappa shape index (κ3) is 5.33. The molecule has 0 fully saturated rings. The van der Waals surface area contributed by atoms with Gasteiger partial charge in [0.25, 0.3) is 0 Å². The fourth-order valence-electron chi connectivity index (χ4n) is 6.71. The number of hydrogen-bond acceptors (Lipinski definition) is 2. The molecule has 7 aromatic rings. The number of pyridine rings is 2. The standard InChI is InChI=1S/C44H36N2/c1-29-31(3)44(40-19-11-9-17-38(40)36-25-26-42(46-28-36)34-14-6-5-7-15-34)32(4)30(2)43(29)39-18-10-8-16-37(39)33-21-23-35(24-22-33)41-20-12-13-27-45-41/h5-28H,1-4H3. The van der Waals surface area contributed by atoms with Crippen LogP contribution < -0.4 is 0 Å². The minimum Gasteiger partial charge on any atom is -0.256 e. The maximum absolute atomic E-state index is 4.85. The SMILES string of the molecule is Cc1c(C)c(-c2ccccc2-c2ccc(-c3ccccc3)nc2)c(C)c(C)c1-c1ccccc1-c1ccc(-c2ccccn2)cc1. The van der Waals surface area contributed by atoms with Gasteiger partial charge < -0.3 is 0 Å². The predicted molar refractivity (Wildman–Crippen MR) is 194 cm³/mol. The summed E-state index contributed by atoms with van der Waals surface area (Å²) >= 11 is 0. The molecule has 0 radical (unpaired) electrons. The zero-order valence-electron chi connectivity index (χ0n) is 26.8. The van der Waals surface area contributed by atoms with Crippen LogP contribution in [-0.4, -0.2) is 9.97 Å². The number of benzene rings is 5. The highest BCUT2D eigenvalue weighted by Gasteiger charge is 2.21. The third-order valence-electron chi connectivity index (χ3n) is 9.32. The summed E-state index contributed by atoms with van der Waals surface area (Å²) in [5.74, 6) is 0. The van der Waals surface area contributed by atoms with E-state index in [0.29, 0.717) is 0 Å². The van der Waals surface area contributed by atoms with Gasteiger partial charge in [-0.1, -0.05) is 115 Å². The van der Waals surface area contributed by atoms with Crippen LogP contribution in [0.2, 0.25) is 0 Å². The van der Waals surface area contributed by atoms with Crippen molar-refractivity contribution in [3.05, 3.63) is 168 Å². The lowest BCUT2D eigenvalue weighted by molar-refractivity contribution is 1.24. The highest BCUT2D eigenvalue weighted by Crippen LogP contribution is 2.44. The van der Waals surface area contributed by atoms with Crippen molar-refractivity contribution < 1.29 is 0 Å². The maximum atomic E-state index is 4.85. The van der Waals surface area contributed by atoms with Gasteiger partial charge in [0.2, 0.25) is 0 Å². The Hall–Kier alpha value is -5.60. The fourth-order valence-corrected chi connectivity index (χ4v) is 6.71. The second kappa shape index (κ2) is 12.4. The van der Waals surface area contributed by atoms with E-state index in [1.807, 2.05) is 30.6 Å². The summed E-state index contributed by atoms with van der Waals surface area (Å²) in [5.41, 5.74) is 19.3. The van der Waals surface area contributed by atoms with Crippen molar-refractivity contribution in [1.82, 2.24) is 9.97 Å². The van der Waals surface area contributed by atoms with Crippen LogP contribution in [0.5, 0.6) is 0 Å². The van der Waals surface area contributed by atoms with Gasteiger partial charge in [-0.15, -0.1) is 0 Å². The van der Waals surface area contributed by atoms with E-state index >= 15 is 0 Å². The van der Waals surface area contributed by atoms with E-state index < -0.39 is 0 Å². The molecule has 0 saturated heterocycles. The van der Waals surface area contributed by atoms with Gasteiger partial charge in [0.05, 0.1) is 11.4 Å². The second-order valence-electron chi connectivity index (χ2n) is 11.9. The quantitative estimate of drug-likeness (QED) is 0.192. The van der Waals surface area contributed by atoms with Crippen LogP contribution in [0.4, 0.5) is 0 Å². The molecule has 2 nitrogen and oxygen atoms in total. The Morgan fingerprint density at radius 1 is 0.326 bits per heavy atom. The Morgan fingerprint density at radius 2 is 0.761 bits per heavy atom. The van der Waals surface area contributed by atoms with E-state index in [2.05, 4.69) is 148 Å². The molecule has 0 unspecified atom stereocenters. The molecule has 46 heavy (non-hydrogen) atoms. The van der Waals surface area contributed by atoms with Gasteiger partial charge in [-0.3, -0.25) is 9.97 Å². The van der Waals surface area contributed by atoms with Crippen LogP contribution in [0.1, 0.15) is 22.3 Å². The Kier molecular flexibility index (Phi) is 7.86. The minimum absolute atomic E-state index is 0.982. The van der Waals surface area contributed by atoms with Crippen LogP contribution in [0, 0.1) is 27.7 Å². The van der Waals surface area contributed by atoms with Crippen molar-refractivity contribution in [3.63, 3.8) is 0 Å². The molecule has 0 aliphatic rings. The fraction of sp³-hybridized carbons (Fsp3) is 0.0909. The first-order chi connectivity index (χ1) is 22.5. The summed E-state index contributed by atoms with van der Waals surface area (Å²) < 4.78 is 0. The minimum atomic E-state index is 0.982. The van der Waals surface area contributed by atoms with Crippen molar-refractivity contribution in [2.75, 3.05) is 0 Å². The normalized spacial score (nSPS) is 11.0. The third-order valence-corrected chi connectivity index (χ3v) is 9.32. The number of hydrogen-bond donors (Lipinski definition) is 0. The lowest BCUT2D eigenvalue weighted by atomic mass is 9.80. The number of rotatable bonds is 6. The molecule has 222 valence electrons. The monoisotopic (exact) mass is 592 g/mol. The van der Waals surface area contributed by atoms with Gasteiger partial charge in [0, 0.05) is 29.1 Å². The van der Waals surface area contributed by atoms with Gasteiger partial charge in [-0.25, -0.2) is 0 Å². The molecular weight excluding hydrogens is 556 g/mol. The van der Waals surface area contributed by atoms with Crippen LogP contribution in [-0.2, 0) is 0 Å². The Labute approximate surface area is 272 Å². The zero-order valence-corrected chi connectivity index (χ0v) is 26.8. The van der Waals surface area contributed by atoms with Gasteiger partial charge in [0.1, 0.15) is 0 Å². The molecule has 0 aliphatic carbocycles. The highest BCUT2D eigenvalue weighted by atomic mass is 14.7. The maximum Gasteiger partial charge on any atom is 0.0702 e. The first kappa shape index (κ1) is 29.1. The van der Waals surface area contributed by atoms with Crippen molar-refractivity contribution in [1.29, 1.82) is 0 Å². The van der Waals surface area contributed by atoms with Gasteiger partial charge in [-0.2, -0.15) is 0 Å². The summed E-state index contributed by atoms with van der Waals surface area (Å²) in [7, 11) is 0. The molecule has 0 spiro atoms. The Morgan fingerprint density at radius 3 is 1.28 bits per heavy atom. The molecule has 0 amide bonds. The van der Waals surface area contributed by atoms with E-state index in [0.717, 1.165) is 28.1 Å². The largest absolute Gasteiger partial charge is 0.256 e. The average Bonchev–Trinajstić information content (AvgIpc) is 3.12. The van der Waals surface area contributed by atoms with Crippen LogP contribution in [0.25, 0.3) is 67.0 Å². The molecule has 0 bridgehead atoms. The molecule has 7 rings (SSSR count). The Balaban J connectivity index is 1.31. The molecule has 0 saturated carbocycles. The number of nitrogens with zero attached hydrogens (tertiary/aromatic N) is 2. The average molecular weight is 593 g/mol. The van der Waals surface area contributed by atoms with Crippen molar-refractivity contribution in [2.24, 2.45) is 0 Å². The summed E-state index contributed by atoms with van der Waals surface area (Å²) in [4.78, 5) is 9.38. The zero-order chi connectivity index (χ0) is 31.6. The molecule has 0 aliphatic heterocycles. The van der Waals surface area contributed by atoms with E-state index in [9.17, 15) is 0 Å². The summed E-state index contributed by atoms with van der Waals surface area (Å²) in [5, 5.41) is 0. The molecule has 2 heterocycles. The first-order valence-corrected chi connectivity index (χ1v) is 15.8. The molecule has 2 heteroatoms. The molecule has 0 N–H and O–H groups in total. The van der Waals surface area contributed by atoms with Crippen LogP contribution in [0.15, 0.2) is 146 Å². The van der Waals surface area contributed by atoms with E-state index in [1.54, 1.807) is 0 Å². The van der Waals surface area contributed by atoms with Crippen molar-refractivity contribution >= 4 is 0 Å². The van der Waals surface area contributed by atoms with Crippen molar-refractivity contribution in [2.45, 2.75) is 27.7 Å². The molecular formula is C44H36N2. The lowest BCUT2D eigenvalue weighted by Crippen LogP contribution is -2.02. The van der Waals surface area contributed by atoms with Crippen molar-refractivity contribution in [3.8, 4) is 67.0 Å². The van der Waals surface area contributed by atoms with Gasteiger partial charge >= 0.3 is 0 Å². The highest BCUT2D eigenvalue weighted by molar-refractivity contribution is 5.93. The van der Waals surface area contributed by atoms with E-state index in [-0.39, 0.29) is 0 Å². The smallest absolute Gasteiger partial charge is 0.0702 e. The van der Waals surface area contributed by atoms with Gasteiger partial charge in [-0.05, 0) is 107 Å². The molecule has 5 aromatic carbocycles. The topological polar surface area (TPSA) is 25.8 Å². The van der Waals surface area contributed by atoms with Gasteiger partial charge in [0.15, 0.2) is 0 Å². The van der Waals surface area contributed by atoms with Crippen LogP contribution >= 0.6 is 0 Å². The molecule has 0 atom stereocenters. The van der Waals surface area contributed by atoms with E-state index in [4.69, 9.17) is 4.98 Å². The summed E-state index contributed by atoms with van der Waals surface area (Å²) in [6.45, 7) is 9.11. The van der Waals surface area contributed by atoms with Crippen LogP contribution in [0.3, 0.4) is 0 Å². The lowest BCUT2D eigenvalue weighted by Gasteiger charge is -2.24. The predicted octanol–water partition coefficient (Wildman–Crippen LogP) is 11.7. The second-order valence-corrected chi connectivity index (χ2v) is 11.9. The molecule has 2 aromatic heterocycles.